The quantitative estimate of drug-likeness (QED) is 0.0174. The van der Waals surface area contributed by atoms with E-state index in [2.05, 4.69) is 50.3 Å². The third kappa shape index (κ3) is 29.1. The van der Waals surface area contributed by atoms with Gasteiger partial charge >= 0.3 is 11.9 Å². The standard InChI is InChI=1S/C54H96O15/c1-3-5-7-9-11-13-15-17-19-21-23-24-26-28-30-32-34-36-45(56)64-39-42(67-46(57)37-35-33-31-29-27-25-22-20-18-16-14-12-10-8-6-4-2)40-65-53-52(63)50(61)48(59)44(69-53)41-66-54-51(62)49(60)47(58)43(38-55)68-54/h12,14,17-20,42-44,47-55,58-63H,3-11,13,15-16,21-41H2,1-2H3/b14-12-,19-17+,20-18-/t42-,43-,44-,47+,48+,49+,50+,51-,52-,53-,54+/m1/s1. The van der Waals surface area contributed by atoms with Crippen molar-refractivity contribution in [1.82, 2.24) is 0 Å². The second-order valence-electron chi connectivity index (χ2n) is 19.0. The van der Waals surface area contributed by atoms with Gasteiger partial charge in [-0.05, 0) is 70.6 Å². The minimum atomic E-state index is -1.77. The first-order valence-electron chi connectivity index (χ1n) is 27.1. The molecule has 15 heteroatoms. The number of unbranched alkanes of at least 4 members (excludes halogenated alkanes) is 22. The number of hydrogen-bond donors (Lipinski definition) is 7. The van der Waals surface area contributed by atoms with Crippen LogP contribution in [0.2, 0.25) is 0 Å². The van der Waals surface area contributed by atoms with E-state index in [1.54, 1.807) is 0 Å². The lowest BCUT2D eigenvalue weighted by Gasteiger charge is -2.42. The maximum absolute atomic E-state index is 13.0. The summed E-state index contributed by atoms with van der Waals surface area (Å²) in [5.41, 5.74) is 0. The Kier molecular flexibility index (Phi) is 37.5. The zero-order chi connectivity index (χ0) is 50.3. The van der Waals surface area contributed by atoms with Gasteiger partial charge in [0, 0.05) is 12.8 Å². The molecule has 0 aromatic rings. The molecule has 0 saturated carbocycles. The Balaban J connectivity index is 1.80. The summed E-state index contributed by atoms with van der Waals surface area (Å²) >= 11 is 0. The molecule has 7 N–H and O–H groups in total. The van der Waals surface area contributed by atoms with Crippen LogP contribution in [0.5, 0.6) is 0 Å². The van der Waals surface area contributed by atoms with Crippen molar-refractivity contribution in [3.05, 3.63) is 36.5 Å². The molecule has 2 heterocycles. The summed E-state index contributed by atoms with van der Waals surface area (Å²) in [5.74, 6) is -0.938. The first-order valence-corrected chi connectivity index (χ1v) is 27.1. The van der Waals surface area contributed by atoms with Crippen molar-refractivity contribution >= 4 is 11.9 Å². The fourth-order valence-electron chi connectivity index (χ4n) is 8.36. The highest BCUT2D eigenvalue weighted by Gasteiger charge is 2.47. The molecule has 2 aliphatic rings. The van der Waals surface area contributed by atoms with Crippen LogP contribution in [-0.2, 0) is 38.0 Å². The molecule has 15 nitrogen and oxygen atoms in total. The number of esters is 2. The van der Waals surface area contributed by atoms with Crippen molar-refractivity contribution in [2.45, 2.75) is 268 Å². The van der Waals surface area contributed by atoms with Gasteiger partial charge in [0.25, 0.3) is 0 Å². The Morgan fingerprint density at radius 1 is 0.464 bits per heavy atom. The number of aliphatic hydroxyl groups excluding tert-OH is 7. The molecule has 0 amide bonds. The molecule has 69 heavy (non-hydrogen) atoms. The van der Waals surface area contributed by atoms with Gasteiger partial charge < -0.3 is 64.2 Å². The van der Waals surface area contributed by atoms with Gasteiger partial charge in [-0.15, -0.1) is 0 Å². The molecule has 402 valence electrons. The van der Waals surface area contributed by atoms with E-state index < -0.39 is 92.7 Å². The van der Waals surface area contributed by atoms with Crippen LogP contribution in [0.1, 0.15) is 200 Å². The molecular weight excluding hydrogens is 889 g/mol. The molecule has 0 aromatic heterocycles. The monoisotopic (exact) mass is 985 g/mol. The lowest BCUT2D eigenvalue weighted by molar-refractivity contribution is -0.332. The van der Waals surface area contributed by atoms with Gasteiger partial charge in [-0.25, -0.2) is 0 Å². The minimum Gasteiger partial charge on any atom is -0.462 e. The van der Waals surface area contributed by atoms with Crippen LogP contribution >= 0.6 is 0 Å². The van der Waals surface area contributed by atoms with Gasteiger partial charge in [-0.2, -0.15) is 0 Å². The van der Waals surface area contributed by atoms with Gasteiger partial charge in [0.15, 0.2) is 18.7 Å². The van der Waals surface area contributed by atoms with Crippen LogP contribution in [0.3, 0.4) is 0 Å². The highest BCUT2D eigenvalue weighted by atomic mass is 16.7. The summed E-state index contributed by atoms with van der Waals surface area (Å²) in [6, 6.07) is 0. The highest BCUT2D eigenvalue weighted by molar-refractivity contribution is 5.70. The van der Waals surface area contributed by atoms with Crippen molar-refractivity contribution in [3.8, 4) is 0 Å². The Morgan fingerprint density at radius 2 is 0.870 bits per heavy atom. The fraction of sp³-hybridized carbons (Fsp3) is 0.852. The minimum absolute atomic E-state index is 0.153. The van der Waals surface area contributed by atoms with Crippen LogP contribution in [-0.4, -0.2) is 142 Å². The number of carbonyl (C=O) groups excluding carboxylic acids is 2. The first-order chi connectivity index (χ1) is 33.5. The van der Waals surface area contributed by atoms with E-state index in [-0.39, 0.29) is 26.1 Å². The van der Waals surface area contributed by atoms with E-state index in [4.69, 9.17) is 28.4 Å². The summed E-state index contributed by atoms with van der Waals surface area (Å²) in [7, 11) is 0. The SMILES string of the molecule is CCCCC/C=C\C/C=C\CCCCCCCCC(=O)O[C@H](COC(=O)CCCCCCCCC/C=C/CCCCCCCC)CO[C@@H]1O[C@H](CO[C@H]2O[C@H](CO)[C@H](O)[C@H](O)[C@H]2O)[C@H](O)[C@H](O)[C@H]1O. The van der Waals surface area contributed by atoms with E-state index in [1.165, 1.54) is 83.5 Å². The van der Waals surface area contributed by atoms with Crippen molar-refractivity contribution in [2.24, 2.45) is 0 Å². The predicted molar refractivity (Wildman–Crippen MR) is 266 cm³/mol. The van der Waals surface area contributed by atoms with Gasteiger partial charge in [-0.1, -0.05) is 153 Å². The van der Waals surface area contributed by atoms with Crippen molar-refractivity contribution in [3.63, 3.8) is 0 Å². The van der Waals surface area contributed by atoms with Gasteiger partial charge in [-0.3, -0.25) is 9.59 Å². The summed E-state index contributed by atoms with van der Waals surface area (Å²) in [6.07, 6.45) is 27.3. The molecule has 0 aliphatic carbocycles. The average Bonchev–Trinajstić information content (AvgIpc) is 3.34. The van der Waals surface area contributed by atoms with Gasteiger partial charge in [0.2, 0.25) is 0 Å². The third-order valence-corrected chi connectivity index (χ3v) is 12.8. The molecule has 11 atom stereocenters. The molecule has 0 aromatic carbocycles. The van der Waals surface area contributed by atoms with Crippen LogP contribution in [0.15, 0.2) is 36.5 Å². The second-order valence-corrected chi connectivity index (χ2v) is 19.0. The normalized spacial score (nSPS) is 25.8. The maximum atomic E-state index is 13.0. The topological polar surface area (TPSA) is 231 Å². The fourth-order valence-corrected chi connectivity index (χ4v) is 8.36. The van der Waals surface area contributed by atoms with Crippen LogP contribution in [0.25, 0.3) is 0 Å². The van der Waals surface area contributed by atoms with Crippen molar-refractivity contribution in [2.75, 3.05) is 26.4 Å². The molecule has 2 aliphatic heterocycles. The number of rotatable bonds is 42. The highest BCUT2D eigenvalue weighted by Crippen LogP contribution is 2.26. The Labute approximate surface area is 415 Å². The predicted octanol–water partition coefficient (Wildman–Crippen LogP) is 8.10. The lowest BCUT2D eigenvalue weighted by atomic mass is 9.98. The Morgan fingerprint density at radius 3 is 1.39 bits per heavy atom. The van der Waals surface area contributed by atoms with Crippen molar-refractivity contribution in [1.29, 1.82) is 0 Å². The van der Waals surface area contributed by atoms with E-state index in [0.717, 1.165) is 77.0 Å². The number of carbonyl (C=O) groups is 2. The van der Waals surface area contributed by atoms with E-state index in [9.17, 15) is 45.3 Å². The zero-order valence-electron chi connectivity index (χ0n) is 42.5. The lowest BCUT2D eigenvalue weighted by Crippen LogP contribution is -2.61. The molecule has 0 radical (unpaired) electrons. The van der Waals surface area contributed by atoms with E-state index >= 15 is 0 Å². The molecule has 0 bridgehead atoms. The first kappa shape index (κ1) is 62.8. The number of allylic oxidation sites excluding steroid dienone is 6. The van der Waals surface area contributed by atoms with Crippen LogP contribution in [0, 0.1) is 0 Å². The third-order valence-electron chi connectivity index (χ3n) is 12.8. The van der Waals surface area contributed by atoms with Gasteiger partial charge in [0.1, 0.15) is 55.4 Å². The maximum Gasteiger partial charge on any atom is 0.306 e. The molecule has 0 unspecified atom stereocenters. The summed E-state index contributed by atoms with van der Waals surface area (Å²) in [5, 5.41) is 72.1. The molecular formula is C54H96O15. The molecule has 2 saturated heterocycles. The summed E-state index contributed by atoms with van der Waals surface area (Å²) < 4.78 is 33.6. The largest absolute Gasteiger partial charge is 0.462 e. The summed E-state index contributed by atoms with van der Waals surface area (Å²) in [6.45, 7) is 2.56. The van der Waals surface area contributed by atoms with Crippen LogP contribution in [0.4, 0.5) is 0 Å². The summed E-state index contributed by atoms with van der Waals surface area (Å²) in [4.78, 5) is 25.8. The Bertz CT molecular complexity index is 1340. The van der Waals surface area contributed by atoms with E-state index in [0.29, 0.717) is 12.8 Å². The average molecular weight is 985 g/mol. The number of hydrogen-bond acceptors (Lipinski definition) is 15. The Hall–Kier alpha value is -2.28. The molecule has 2 fully saturated rings. The van der Waals surface area contributed by atoms with E-state index in [1.807, 2.05) is 0 Å². The van der Waals surface area contributed by atoms with Crippen LogP contribution < -0.4 is 0 Å². The van der Waals surface area contributed by atoms with Crippen molar-refractivity contribution < 1.29 is 73.8 Å². The number of aliphatic hydroxyl groups is 7. The second kappa shape index (κ2) is 41.2. The molecule has 2 rings (SSSR count). The smallest absolute Gasteiger partial charge is 0.306 e. The molecule has 0 spiro atoms. The number of ether oxygens (including phenoxy) is 6. The zero-order valence-corrected chi connectivity index (χ0v) is 42.5. The van der Waals surface area contributed by atoms with Gasteiger partial charge in [0.05, 0.1) is 19.8 Å².